The molecule has 0 fully saturated rings. The molecule has 0 aliphatic carbocycles. The maximum absolute atomic E-state index is 12.4. The molecule has 0 amide bonds. The zero-order chi connectivity index (χ0) is 15.7. The first-order valence-electron chi connectivity index (χ1n) is 5.92. The molecule has 110 valence electrons. The molecule has 21 heavy (non-hydrogen) atoms. The highest BCUT2D eigenvalue weighted by Gasteiger charge is 2.29. The Morgan fingerprint density at radius 1 is 1.19 bits per heavy atom. The lowest BCUT2D eigenvalue weighted by Gasteiger charge is -2.03. The number of halogens is 1. The van der Waals surface area contributed by atoms with E-state index in [0.29, 0.717) is 4.57 Å². The number of furan rings is 1. The monoisotopic (exact) mass is 354 g/mol. The van der Waals surface area contributed by atoms with Gasteiger partial charge in [0, 0.05) is 19.2 Å². The lowest BCUT2D eigenvalue weighted by Crippen LogP contribution is -2.31. The first kappa shape index (κ1) is 15.2. The normalized spacial score (nSPS) is 10.6. The van der Waals surface area contributed by atoms with Gasteiger partial charge in [-0.15, -0.1) is 0 Å². The Balaban J connectivity index is 2.83. The standard InChI is InChI=1S/C13H11BrN2O5/c1-7(17)15-9(6-14)11(16(8(2)18)13(15)20)12(19)10-4-3-5-21-10/h3-5H,6H2,1-2H3. The van der Waals surface area contributed by atoms with Crippen molar-refractivity contribution in [1.82, 2.24) is 9.13 Å². The van der Waals surface area contributed by atoms with Crippen molar-refractivity contribution in [1.29, 1.82) is 0 Å². The predicted octanol–water partition coefficient (Wildman–Crippen LogP) is 1.69. The number of hydrogen-bond acceptors (Lipinski definition) is 5. The van der Waals surface area contributed by atoms with Crippen LogP contribution >= 0.6 is 15.9 Å². The van der Waals surface area contributed by atoms with Gasteiger partial charge in [0.25, 0.3) is 0 Å². The largest absolute Gasteiger partial charge is 0.461 e. The summed E-state index contributed by atoms with van der Waals surface area (Å²) in [5.74, 6) is -1.89. The molecule has 0 saturated heterocycles. The van der Waals surface area contributed by atoms with Crippen LogP contribution in [0.25, 0.3) is 0 Å². The molecule has 2 heterocycles. The molecule has 0 aliphatic heterocycles. The van der Waals surface area contributed by atoms with Crippen molar-refractivity contribution >= 4 is 33.5 Å². The molecule has 0 radical (unpaired) electrons. The molecule has 0 N–H and O–H groups in total. The quantitative estimate of drug-likeness (QED) is 0.617. The molecule has 2 aromatic heterocycles. The van der Waals surface area contributed by atoms with E-state index in [0.717, 1.165) is 11.5 Å². The molecular weight excluding hydrogens is 344 g/mol. The third kappa shape index (κ3) is 2.42. The van der Waals surface area contributed by atoms with Crippen LogP contribution in [0.1, 0.15) is 45.4 Å². The zero-order valence-electron chi connectivity index (χ0n) is 11.3. The Bertz CT molecular complexity index is 782. The lowest BCUT2D eigenvalue weighted by molar-refractivity contribution is 0.0901. The van der Waals surface area contributed by atoms with Crippen molar-refractivity contribution in [2.24, 2.45) is 0 Å². The van der Waals surface area contributed by atoms with Gasteiger partial charge < -0.3 is 4.42 Å². The highest BCUT2D eigenvalue weighted by atomic mass is 79.9. The highest BCUT2D eigenvalue weighted by Crippen LogP contribution is 2.17. The number of ketones is 1. The number of nitrogens with zero attached hydrogens (tertiary/aromatic N) is 2. The Morgan fingerprint density at radius 2 is 1.81 bits per heavy atom. The Labute approximate surface area is 127 Å². The average molecular weight is 355 g/mol. The van der Waals surface area contributed by atoms with Crippen molar-refractivity contribution in [3.05, 3.63) is 46.0 Å². The van der Waals surface area contributed by atoms with E-state index in [1.165, 1.54) is 25.3 Å². The summed E-state index contributed by atoms with van der Waals surface area (Å²) in [6.07, 6.45) is 1.30. The molecule has 0 bridgehead atoms. The van der Waals surface area contributed by atoms with Gasteiger partial charge in [0.2, 0.25) is 17.6 Å². The van der Waals surface area contributed by atoms with E-state index in [1.807, 2.05) is 0 Å². The van der Waals surface area contributed by atoms with Gasteiger partial charge >= 0.3 is 5.69 Å². The van der Waals surface area contributed by atoms with Gasteiger partial charge in [0.05, 0.1) is 12.0 Å². The first-order valence-corrected chi connectivity index (χ1v) is 7.05. The van der Waals surface area contributed by atoms with Gasteiger partial charge in [0.1, 0.15) is 5.69 Å². The summed E-state index contributed by atoms with van der Waals surface area (Å²) in [7, 11) is 0. The second-order valence-corrected chi connectivity index (χ2v) is 4.79. The number of carbonyl (C=O) groups is 3. The van der Waals surface area contributed by atoms with Crippen LogP contribution in [0.4, 0.5) is 0 Å². The molecule has 2 aromatic rings. The fourth-order valence-corrected chi connectivity index (χ4v) is 2.56. The summed E-state index contributed by atoms with van der Waals surface area (Å²) >= 11 is 3.14. The minimum absolute atomic E-state index is 0.0205. The summed E-state index contributed by atoms with van der Waals surface area (Å²) in [4.78, 5) is 48.0. The van der Waals surface area contributed by atoms with Gasteiger partial charge in [-0.1, -0.05) is 15.9 Å². The van der Waals surface area contributed by atoms with Crippen molar-refractivity contribution in [3.8, 4) is 0 Å². The molecule has 8 heteroatoms. The highest BCUT2D eigenvalue weighted by molar-refractivity contribution is 9.08. The van der Waals surface area contributed by atoms with Crippen molar-refractivity contribution < 1.29 is 18.8 Å². The van der Waals surface area contributed by atoms with E-state index < -0.39 is 23.3 Å². The van der Waals surface area contributed by atoms with Crippen LogP contribution in [-0.2, 0) is 5.33 Å². The summed E-state index contributed by atoms with van der Waals surface area (Å²) in [5, 5.41) is 0.0594. The second-order valence-electron chi connectivity index (χ2n) is 4.23. The summed E-state index contributed by atoms with van der Waals surface area (Å²) in [5.41, 5.74) is -0.919. The number of aromatic nitrogens is 2. The predicted molar refractivity (Wildman–Crippen MR) is 76.1 cm³/mol. The minimum atomic E-state index is -0.862. The van der Waals surface area contributed by atoms with Gasteiger partial charge in [-0.25, -0.2) is 13.9 Å². The smallest absolute Gasteiger partial charge is 0.342 e. The third-order valence-electron chi connectivity index (χ3n) is 2.87. The fraction of sp³-hybridized carbons (Fsp3) is 0.231. The van der Waals surface area contributed by atoms with Crippen molar-refractivity contribution in [3.63, 3.8) is 0 Å². The maximum atomic E-state index is 12.4. The van der Waals surface area contributed by atoms with E-state index >= 15 is 0 Å². The van der Waals surface area contributed by atoms with E-state index in [9.17, 15) is 19.2 Å². The van der Waals surface area contributed by atoms with Crippen molar-refractivity contribution in [2.45, 2.75) is 19.2 Å². The number of carbonyl (C=O) groups excluding carboxylic acids is 3. The lowest BCUT2D eigenvalue weighted by atomic mass is 10.2. The van der Waals surface area contributed by atoms with Crippen LogP contribution < -0.4 is 5.69 Å². The zero-order valence-corrected chi connectivity index (χ0v) is 12.8. The number of hydrogen-bond donors (Lipinski definition) is 0. The van der Waals surface area contributed by atoms with Gasteiger partial charge in [-0.2, -0.15) is 0 Å². The van der Waals surface area contributed by atoms with Crippen LogP contribution in [0.5, 0.6) is 0 Å². The summed E-state index contributed by atoms with van der Waals surface area (Å²) < 4.78 is 6.49. The van der Waals surface area contributed by atoms with Crippen LogP contribution in [-0.4, -0.2) is 26.7 Å². The number of imidazole rings is 1. The van der Waals surface area contributed by atoms with Gasteiger partial charge in [-0.3, -0.25) is 14.4 Å². The van der Waals surface area contributed by atoms with Crippen LogP contribution in [0.15, 0.2) is 27.6 Å². The second kappa shape index (κ2) is 5.65. The van der Waals surface area contributed by atoms with E-state index in [4.69, 9.17) is 4.42 Å². The summed E-state index contributed by atoms with van der Waals surface area (Å²) in [6.45, 7) is 2.32. The van der Waals surface area contributed by atoms with Crippen LogP contribution in [0, 0.1) is 0 Å². The Hall–Kier alpha value is -2.22. The van der Waals surface area contributed by atoms with E-state index in [2.05, 4.69) is 15.9 Å². The molecule has 0 saturated carbocycles. The van der Waals surface area contributed by atoms with E-state index in [1.54, 1.807) is 0 Å². The van der Waals surface area contributed by atoms with Crippen LogP contribution in [0.2, 0.25) is 0 Å². The molecule has 0 aromatic carbocycles. The average Bonchev–Trinajstić information content (AvgIpc) is 3.02. The van der Waals surface area contributed by atoms with E-state index in [-0.39, 0.29) is 22.5 Å². The minimum Gasteiger partial charge on any atom is -0.461 e. The SMILES string of the molecule is CC(=O)n1c(CBr)c(C(=O)c2ccco2)n(C(C)=O)c1=O. The third-order valence-corrected chi connectivity index (χ3v) is 3.40. The number of rotatable bonds is 3. The topological polar surface area (TPSA) is 91.3 Å². The Morgan fingerprint density at radius 3 is 2.24 bits per heavy atom. The van der Waals surface area contributed by atoms with Gasteiger partial charge in [-0.05, 0) is 12.1 Å². The maximum Gasteiger partial charge on any atom is 0.342 e. The molecule has 0 unspecified atom stereocenters. The van der Waals surface area contributed by atoms with Crippen LogP contribution in [0.3, 0.4) is 0 Å². The molecule has 2 rings (SSSR count). The first-order chi connectivity index (χ1) is 9.90. The molecule has 0 atom stereocenters. The molecule has 0 spiro atoms. The fourth-order valence-electron chi connectivity index (χ4n) is 2.04. The summed E-state index contributed by atoms with van der Waals surface area (Å²) in [6, 6.07) is 2.93. The van der Waals surface area contributed by atoms with Gasteiger partial charge in [0.15, 0.2) is 5.76 Å². The molecule has 7 nitrogen and oxygen atoms in total. The number of alkyl halides is 1. The van der Waals surface area contributed by atoms with Crippen molar-refractivity contribution in [2.75, 3.05) is 0 Å². The Kier molecular flexibility index (Phi) is 4.08. The molecular formula is C13H11BrN2O5. The molecule has 0 aliphatic rings.